The van der Waals surface area contributed by atoms with Crippen molar-refractivity contribution in [2.75, 3.05) is 0 Å². The van der Waals surface area contributed by atoms with Crippen LogP contribution in [0.1, 0.15) is 13.8 Å². The van der Waals surface area contributed by atoms with Crippen molar-refractivity contribution in [3.63, 3.8) is 0 Å². The molecule has 0 N–H and O–H groups in total. The first-order chi connectivity index (χ1) is 4.16. The molecule has 0 aromatic rings. The second kappa shape index (κ2) is 4.13. The third-order valence-electron chi connectivity index (χ3n) is 0.811. The average molecular weight is 121 g/mol. The Labute approximate surface area is 57.6 Å². The minimum Gasteiger partial charge on any atom is -0.273 e. The SMILES string of the molecule is B/C(C=C(C)C)=C/N=C. The first kappa shape index (κ1) is 8.21. The molecule has 0 aliphatic rings. The summed E-state index contributed by atoms with van der Waals surface area (Å²) in [5.41, 5.74) is 2.43. The maximum absolute atomic E-state index is 3.63. The summed E-state index contributed by atoms with van der Waals surface area (Å²) >= 11 is 0. The van der Waals surface area contributed by atoms with Crippen LogP contribution in [0.15, 0.2) is 28.3 Å². The highest BCUT2D eigenvalue weighted by Crippen LogP contribution is 1.96. The van der Waals surface area contributed by atoms with Gasteiger partial charge in [-0.25, -0.2) is 0 Å². The highest BCUT2D eigenvalue weighted by Gasteiger charge is 1.79. The Morgan fingerprint density at radius 3 is 2.44 bits per heavy atom. The highest BCUT2D eigenvalue weighted by atomic mass is 14.6. The van der Waals surface area contributed by atoms with E-state index >= 15 is 0 Å². The predicted octanol–water partition coefficient (Wildman–Crippen LogP) is 1.13. The van der Waals surface area contributed by atoms with E-state index < -0.39 is 0 Å². The molecule has 0 aliphatic heterocycles. The molecule has 0 atom stereocenters. The lowest BCUT2D eigenvalue weighted by Gasteiger charge is -1.88. The Morgan fingerprint density at radius 1 is 1.56 bits per heavy atom. The number of hydrogen-bond acceptors (Lipinski definition) is 1. The number of aliphatic imine (C=N–C) groups is 1. The maximum atomic E-state index is 3.63. The van der Waals surface area contributed by atoms with Crippen LogP contribution in [0.4, 0.5) is 0 Å². The molecule has 0 heterocycles. The molecule has 9 heavy (non-hydrogen) atoms. The highest BCUT2D eigenvalue weighted by molar-refractivity contribution is 6.23. The summed E-state index contributed by atoms with van der Waals surface area (Å²) in [6, 6.07) is 0. The summed E-state index contributed by atoms with van der Waals surface area (Å²) in [6.45, 7) is 7.46. The molecule has 0 aliphatic carbocycles. The first-order valence-corrected chi connectivity index (χ1v) is 2.94. The molecule has 0 saturated carbocycles. The lowest BCUT2D eigenvalue weighted by Crippen LogP contribution is -1.74. The van der Waals surface area contributed by atoms with Crippen LogP contribution in [0.25, 0.3) is 0 Å². The van der Waals surface area contributed by atoms with Gasteiger partial charge in [-0.15, -0.1) is 0 Å². The van der Waals surface area contributed by atoms with Crippen LogP contribution in [0.5, 0.6) is 0 Å². The normalized spacial score (nSPS) is 10.7. The van der Waals surface area contributed by atoms with Gasteiger partial charge in [0.15, 0.2) is 0 Å². The van der Waals surface area contributed by atoms with E-state index in [1.165, 1.54) is 5.57 Å². The summed E-state index contributed by atoms with van der Waals surface area (Å²) in [4.78, 5) is 3.63. The molecular weight excluding hydrogens is 109 g/mol. The van der Waals surface area contributed by atoms with Gasteiger partial charge in [0.1, 0.15) is 7.85 Å². The molecule has 0 unspecified atom stereocenters. The topological polar surface area (TPSA) is 12.4 Å². The van der Waals surface area contributed by atoms with Crippen molar-refractivity contribution >= 4 is 14.6 Å². The summed E-state index contributed by atoms with van der Waals surface area (Å²) < 4.78 is 0. The molecule has 0 radical (unpaired) electrons. The van der Waals surface area contributed by atoms with Crippen LogP contribution in [0.3, 0.4) is 0 Å². The zero-order chi connectivity index (χ0) is 7.28. The van der Waals surface area contributed by atoms with Gasteiger partial charge < -0.3 is 0 Å². The van der Waals surface area contributed by atoms with Crippen LogP contribution in [0.2, 0.25) is 0 Å². The lowest BCUT2D eigenvalue weighted by atomic mass is 9.95. The van der Waals surface area contributed by atoms with Crippen LogP contribution in [-0.2, 0) is 0 Å². The molecule has 0 fully saturated rings. The Bertz CT molecular complexity index is 152. The fourth-order valence-corrected chi connectivity index (χ4v) is 0.637. The zero-order valence-corrected chi connectivity index (χ0v) is 6.31. The van der Waals surface area contributed by atoms with E-state index in [2.05, 4.69) is 31.6 Å². The molecule has 0 amide bonds. The molecule has 0 bridgehead atoms. The first-order valence-electron chi connectivity index (χ1n) is 2.94. The summed E-state index contributed by atoms with van der Waals surface area (Å²) in [6.07, 6.45) is 3.81. The average Bonchev–Trinajstić information content (AvgIpc) is 1.63. The van der Waals surface area contributed by atoms with Gasteiger partial charge in [-0.3, -0.25) is 4.99 Å². The second-order valence-electron chi connectivity index (χ2n) is 2.28. The van der Waals surface area contributed by atoms with Gasteiger partial charge in [-0.1, -0.05) is 17.1 Å². The third-order valence-corrected chi connectivity index (χ3v) is 0.811. The van der Waals surface area contributed by atoms with Crippen molar-refractivity contribution in [2.24, 2.45) is 4.99 Å². The minimum atomic E-state index is 1.14. The second-order valence-corrected chi connectivity index (χ2v) is 2.28. The van der Waals surface area contributed by atoms with E-state index in [0.29, 0.717) is 0 Å². The van der Waals surface area contributed by atoms with E-state index in [0.717, 1.165) is 5.47 Å². The Morgan fingerprint density at radius 2 is 2.11 bits per heavy atom. The minimum absolute atomic E-state index is 1.14. The quantitative estimate of drug-likeness (QED) is 0.295. The summed E-state index contributed by atoms with van der Waals surface area (Å²) in [5.74, 6) is 0. The fraction of sp³-hybridized carbons (Fsp3) is 0.286. The van der Waals surface area contributed by atoms with Gasteiger partial charge in [-0.05, 0) is 20.6 Å². The van der Waals surface area contributed by atoms with Gasteiger partial charge in [0.2, 0.25) is 0 Å². The Kier molecular flexibility index (Phi) is 3.77. The Balaban J connectivity index is 4.05. The standard InChI is InChI=1S/C7H12BN/c1-6(2)4-7(8)5-9-3/h4-5H,3,8H2,1-2H3/b7-5+. The van der Waals surface area contributed by atoms with Gasteiger partial charge >= 0.3 is 0 Å². The van der Waals surface area contributed by atoms with Crippen molar-refractivity contribution in [3.8, 4) is 0 Å². The predicted molar refractivity (Wildman–Crippen MR) is 45.6 cm³/mol. The lowest BCUT2D eigenvalue weighted by molar-refractivity contribution is 1.38. The summed E-state index contributed by atoms with van der Waals surface area (Å²) in [7, 11) is 2.00. The number of rotatable bonds is 2. The Hall–Kier alpha value is -0.785. The molecule has 0 aromatic heterocycles. The van der Waals surface area contributed by atoms with Crippen LogP contribution in [0, 0.1) is 0 Å². The molecule has 1 nitrogen and oxygen atoms in total. The van der Waals surface area contributed by atoms with Crippen molar-refractivity contribution in [3.05, 3.63) is 23.3 Å². The smallest absolute Gasteiger partial charge is 0.141 e. The molecule has 0 aromatic carbocycles. The van der Waals surface area contributed by atoms with E-state index in [1.54, 1.807) is 6.20 Å². The molecular formula is C7H12BN. The number of hydrogen-bond donors (Lipinski definition) is 0. The third kappa shape index (κ3) is 5.08. The van der Waals surface area contributed by atoms with Gasteiger partial charge in [0, 0.05) is 6.20 Å². The molecule has 48 valence electrons. The van der Waals surface area contributed by atoms with E-state index in [4.69, 9.17) is 0 Å². The largest absolute Gasteiger partial charge is 0.273 e. The van der Waals surface area contributed by atoms with E-state index in [9.17, 15) is 0 Å². The van der Waals surface area contributed by atoms with Crippen LogP contribution < -0.4 is 0 Å². The van der Waals surface area contributed by atoms with Crippen molar-refractivity contribution in [2.45, 2.75) is 13.8 Å². The molecule has 0 saturated heterocycles. The van der Waals surface area contributed by atoms with Crippen molar-refractivity contribution in [1.29, 1.82) is 0 Å². The number of nitrogens with zero attached hydrogens (tertiary/aromatic N) is 1. The van der Waals surface area contributed by atoms with E-state index in [-0.39, 0.29) is 0 Å². The van der Waals surface area contributed by atoms with Gasteiger partial charge in [-0.2, -0.15) is 0 Å². The van der Waals surface area contributed by atoms with Crippen LogP contribution in [-0.4, -0.2) is 14.6 Å². The zero-order valence-electron chi connectivity index (χ0n) is 6.31. The molecule has 0 rings (SSSR count). The monoisotopic (exact) mass is 121 g/mol. The maximum Gasteiger partial charge on any atom is 0.141 e. The van der Waals surface area contributed by atoms with Crippen LogP contribution >= 0.6 is 0 Å². The van der Waals surface area contributed by atoms with Gasteiger partial charge in [0.05, 0.1) is 0 Å². The van der Waals surface area contributed by atoms with Crippen molar-refractivity contribution < 1.29 is 0 Å². The number of allylic oxidation sites excluding steroid dienone is 3. The molecule has 2 heteroatoms. The van der Waals surface area contributed by atoms with Crippen molar-refractivity contribution in [1.82, 2.24) is 0 Å². The molecule has 0 spiro atoms. The fourth-order valence-electron chi connectivity index (χ4n) is 0.637. The summed E-state index contributed by atoms with van der Waals surface area (Å²) in [5, 5.41) is 0. The van der Waals surface area contributed by atoms with E-state index in [1.807, 2.05) is 7.85 Å². The van der Waals surface area contributed by atoms with Gasteiger partial charge in [0.25, 0.3) is 0 Å².